The SMILES string of the molecule is C[C@H](Nc1nc(C(=O)NC[C@@H](C)O)c2sccc2n1)c1ccccn1. The summed E-state index contributed by atoms with van der Waals surface area (Å²) in [5, 5.41) is 17.1. The zero-order valence-electron chi connectivity index (χ0n) is 13.9. The number of pyridine rings is 1. The van der Waals surface area contributed by atoms with Gasteiger partial charge in [0.1, 0.15) is 0 Å². The van der Waals surface area contributed by atoms with Gasteiger partial charge in [0.25, 0.3) is 5.91 Å². The monoisotopic (exact) mass is 357 g/mol. The van der Waals surface area contributed by atoms with Crippen molar-refractivity contribution in [1.82, 2.24) is 20.3 Å². The molecule has 2 atom stereocenters. The van der Waals surface area contributed by atoms with Crippen molar-refractivity contribution in [2.45, 2.75) is 26.0 Å². The molecule has 3 aromatic rings. The van der Waals surface area contributed by atoms with E-state index < -0.39 is 6.10 Å². The number of aliphatic hydroxyl groups is 1. The van der Waals surface area contributed by atoms with Crippen molar-refractivity contribution in [2.75, 3.05) is 11.9 Å². The second-order valence-electron chi connectivity index (χ2n) is 5.71. The van der Waals surface area contributed by atoms with E-state index in [4.69, 9.17) is 0 Å². The topological polar surface area (TPSA) is 100 Å². The molecule has 3 N–H and O–H groups in total. The van der Waals surface area contributed by atoms with Gasteiger partial charge in [-0.15, -0.1) is 11.3 Å². The summed E-state index contributed by atoms with van der Waals surface area (Å²) in [5.41, 5.74) is 1.87. The van der Waals surface area contributed by atoms with E-state index in [1.165, 1.54) is 11.3 Å². The van der Waals surface area contributed by atoms with Crippen molar-refractivity contribution in [3.8, 4) is 0 Å². The Kier molecular flexibility index (Phi) is 5.20. The maximum atomic E-state index is 12.4. The van der Waals surface area contributed by atoms with Crippen LogP contribution in [-0.4, -0.2) is 38.6 Å². The number of carbonyl (C=O) groups is 1. The Morgan fingerprint density at radius 2 is 2.12 bits per heavy atom. The van der Waals surface area contributed by atoms with Gasteiger partial charge in [-0.05, 0) is 37.4 Å². The highest BCUT2D eigenvalue weighted by atomic mass is 32.1. The molecule has 3 heterocycles. The Labute approximate surface area is 149 Å². The quantitative estimate of drug-likeness (QED) is 0.626. The molecule has 8 heteroatoms. The van der Waals surface area contributed by atoms with Crippen LogP contribution in [0.2, 0.25) is 0 Å². The number of hydrogen-bond acceptors (Lipinski definition) is 7. The van der Waals surface area contributed by atoms with Gasteiger partial charge in [-0.2, -0.15) is 0 Å². The van der Waals surface area contributed by atoms with Gasteiger partial charge in [0.15, 0.2) is 5.69 Å². The lowest BCUT2D eigenvalue weighted by Gasteiger charge is -2.14. The number of nitrogens with one attached hydrogen (secondary N) is 2. The Hall–Kier alpha value is -2.58. The fraction of sp³-hybridized carbons (Fsp3) is 0.294. The number of fused-ring (bicyclic) bond motifs is 1. The molecule has 0 aliphatic carbocycles. The minimum Gasteiger partial charge on any atom is -0.392 e. The third-order valence-electron chi connectivity index (χ3n) is 3.55. The summed E-state index contributed by atoms with van der Waals surface area (Å²) in [6.45, 7) is 3.74. The van der Waals surface area contributed by atoms with E-state index in [1.54, 1.807) is 13.1 Å². The molecule has 3 aromatic heterocycles. The molecule has 0 saturated heterocycles. The standard InChI is InChI=1S/C17H19N5O2S/c1-10(23)9-19-16(24)14-15-13(6-8-25-15)21-17(22-14)20-11(2)12-5-3-4-7-18-12/h3-8,10-11,23H,9H2,1-2H3,(H,19,24)(H,20,21,22)/t10-,11+/m1/s1. The third kappa shape index (κ3) is 4.09. The molecule has 3 rings (SSSR count). The van der Waals surface area contributed by atoms with Crippen molar-refractivity contribution in [1.29, 1.82) is 0 Å². The fourth-order valence-electron chi connectivity index (χ4n) is 2.31. The molecule has 0 bridgehead atoms. The predicted octanol–water partition coefficient (Wildman–Crippen LogP) is 2.37. The number of carbonyl (C=O) groups excluding carboxylic acids is 1. The van der Waals surface area contributed by atoms with Crippen LogP contribution in [-0.2, 0) is 0 Å². The Morgan fingerprint density at radius 3 is 2.84 bits per heavy atom. The van der Waals surface area contributed by atoms with Gasteiger partial charge in [-0.25, -0.2) is 9.97 Å². The largest absolute Gasteiger partial charge is 0.392 e. The van der Waals surface area contributed by atoms with Gasteiger partial charge in [-0.3, -0.25) is 9.78 Å². The van der Waals surface area contributed by atoms with Gasteiger partial charge in [-0.1, -0.05) is 6.07 Å². The summed E-state index contributed by atoms with van der Waals surface area (Å²) < 4.78 is 0.721. The van der Waals surface area contributed by atoms with E-state index in [0.717, 1.165) is 10.4 Å². The van der Waals surface area contributed by atoms with Crippen molar-refractivity contribution in [3.63, 3.8) is 0 Å². The number of thiophene rings is 1. The van der Waals surface area contributed by atoms with Crippen LogP contribution in [0.15, 0.2) is 35.8 Å². The Balaban J connectivity index is 1.88. The maximum absolute atomic E-state index is 12.4. The minimum atomic E-state index is -0.619. The number of anilines is 1. The first kappa shape index (κ1) is 17.2. The van der Waals surface area contributed by atoms with E-state index in [-0.39, 0.29) is 18.5 Å². The molecule has 0 aliphatic rings. The number of rotatable bonds is 6. The van der Waals surface area contributed by atoms with Crippen molar-refractivity contribution in [3.05, 3.63) is 47.2 Å². The number of nitrogens with zero attached hydrogens (tertiary/aromatic N) is 3. The lowest BCUT2D eigenvalue weighted by Crippen LogP contribution is -2.31. The highest BCUT2D eigenvalue weighted by Gasteiger charge is 2.17. The molecule has 0 aliphatic heterocycles. The van der Waals surface area contributed by atoms with Crippen LogP contribution in [0.4, 0.5) is 5.95 Å². The van der Waals surface area contributed by atoms with Gasteiger partial charge < -0.3 is 15.7 Å². The molecule has 1 amide bonds. The number of aromatic nitrogens is 3. The molecular formula is C17H19N5O2S. The van der Waals surface area contributed by atoms with Crippen LogP contribution in [0, 0.1) is 0 Å². The van der Waals surface area contributed by atoms with Gasteiger partial charge >= 0.3 is 0 Å². The molecule has 0 fully saturated rings. The zero-order chi connectivity index (χ0) is 17.8. The molecule has 130 valence electrons. The van der Waals surface area contributed by atoms with Crippen LogP contribution < -0.4 is 10.6 Å². The molecule has 0 aromatic carbocycles. The predicted molar refractivity (Wildman–Crippen MR) is 97.7 cm³/mol. The van der Waals surface area contributed by atoms with Crippen LogP contribution in [0.3, 0.4) is 0 Å². The average molecular weight is 357 g/mol. The second-order valence-corrected chi connectivity index (χ2v) is 6.63. The molecule has 25 heavy (non-hydrogen) atoms. The van der Waals surface area contributed by atoms with Crippen LogP contribution in [0.25, 0.3) is 10.2 Å². The van der Waals surface area contributed by atoms with Crippen LogP contribution >= 0.6 is 11.3 Å². The summed E-state index contributed by atoms with van der Waals surface area (Å²) in [6.07, 6.45) is 1.11. The van der Waals surface area contributed by atoms with Gasteiger partial charge in [0.2, 0.25) is 5.95 Å². The van der Waals surface area contributed by atoms with Gasteiger partial charge in [0, 0.05) is 12.7 Å². The minimum absolute atomic E-state index is 0.106. The second kappa shape index (κ2) is 7.54. The molecule has 0 unspecified atom stereocenters. The smallest absolute Gasteiger partial charge is 0.271 e. The summed E-state index contributed by atoms with van der Waals surface area (Å²) >= 11 is 1.41. The summed E-state index contributed by atoms with van der Waals surface area (Å²) in [4.78, 5) is 25.6. The Bertz CT molecular complexity index is 866. The highest BCUT2D eigenvalue weighted by Crippen LogP contribution is 2.25. The molecule has 0 spiro atoms. The van der Waals surface area contributed by atoms with E-state index in [0.29, 0.717) is 17.2 Å². The van der Waals surface area contributed by atoms with E-state index in [2.05, 4.69) is 25.6 Å². The normalized spacial score (nSPS) is 13.4. The van der Waals surface area contributed by atoms with Crippen LogP contribution in [0.5, 0.6) is 0 Å². The lowest BCUT2D eigenvalue weighted by molar-refractivity contribution is 0.0921. The third-order valence-corrected chi connectivity index (χ3v) is 4.46. The summed E-state index contributed by atoms with van der Waals surface area (Å²) in [5.74, 6) is 0.0375. The first-order valence-corrected chi connectivity index (χ1v) is 8.81. The number of amides is 1. The molecule has 7 nitrogen and oxygen atoms in total. The molecule has 0 saturated carbocycles. The Morgan fingerprint density at radius 1 is 1.28 bits per heavy atom. The van der Waals surface area contributed by atoms with Crippen molar-refractivity contribution < 1.29 is 9.90 Å². The summed E-state index contributed by atoms with van der Waals surface area (Å²) in [7, 11) is 0. The van der Waals surface area contributed by atoms with Gasteiger partial charge in [0.05, 0.1) is 28.1 Å². The lowest BCUT2D eigenvalue weighted by atomic mass is 10.2. The number of hydrogen-bond donors (Lipinski definition) is 3. The first-order valence-electron chi connectivity index (χ1n) is 7.93. The fourth-order valence-corrected chi connectivity index (χ4v) is 3.12. The van der Waals surface area contributed by atoms with E-state index in [1.807, 2.05) is 36.6 Å². The van der Waals surface area contributed by atoms with Crippen molar-refractivity contribution >= 4 is 33.4 Å². The van der Waals surface area contributed by atoms with E-state index >= 15 is 0 Å². The molecular weight excluding hydrogens is 338 g/mol. The molecule has 0 radical (unpaired) electrons. The first-order chi connectivity index (χ1) is 12.0. The highest BCUT2D eigenvalue weighted by molar-refractivity contribution is 7.17. The maximum Gasteiger partial charge on any atom is 0.271 e. The van der Waals surface area contributed by atoms with Crippen molar-refractivity contribution in [2.24, 2.45) is 0 Å². The summed E-state index contributed by atoms with van der Waals surface area (Å²) in [6, 6.07) is 7.43. The van der Waals surface area contributed by atoms with Crippen LogP contribution in [0.1, 0.15) is 36.1 Å². The zero-order valence-corrected chi connectivity index (χ0v) is 14.7. The average Bonchev–Trinajstić information content (AvgIpc) is 3.08. The van der Waals surface area contributed by atoms with E-state index in [9.17, 15) is 9.90 Å². The number of aliphatic hydroxyl groups excluding tert-OH is 1.